The second-order valence-corrected chi connectivity index (χ2v) is 8.18. The molecule has 0 amide bonds. The van der Waals surface area contributed by atoms with E-state index in [9.17, 15) is 0 Å². The molecule has 8 heteroatoms. The van der Waals surface area contributed by atoms with Crippen LogP contribution in [0.4, 0.5) is 0 Å². The van der Waals surface area contributed by atoms with Crippen molar-refractivity contribution in [3.63, 3.8) is 0 Å². The minimum Gasteiger partial charge on any atom is -0.354 e. The Kier molecular flexibility index (Phi) is 9.23. The molecule has 2 aromatic rings. The van der Waals surface area contributed by atoms with Crippen LogP contribution in [0.5, 0.6) is 0 Å². The van der Waals surface area contributed by atoms with Crippen molar-refractivity contribution < 1.29 is 0 Å². The lowest BCUT2D eigenvalue weighted by Gasteiger charge is -2.39. The maximum atomic E-state index is 6.05. The molecule has 29 heavy (non-hydrogen) atoms. The van der Waals surface area contributed by atoms with E-state index in [-0.39, 0.29) is 30.0 Å². The van der Waals surface area contributed by atoms with Crippen LogP contribution in [0, 0.1) is 5.92 Å². The molecule has 3 unspecified atom stereocenters. The lowest BCUT2D eigenvalue weighted by molar-refractivity contribution is 0.187. The second-order valence-electron chi connectivity index (χ2n) is 7.75. The minimum atomic E-state index is 0. The number of benzene rings is 1. The molecule has 160 valence electrons. The number of guanidine groups is 1. The summed E-state index contributed by atoms with van der Waals surface area (Å²) < 4.78 is 2.22. The van der Waals surface area contributed by atoms with Gasteiger partial charge in [0.15, 0.2) is 5.96 Å². The number of nitrogens with one attached hydrogen (secondary N) is 1. The van der Waals surface area contributed by atoms with Crippen LogP contribution in [0.1, 0.15) is 31.0 Å². The number of nitrogens with zero attached hydrogens (tertiary/aromatic N) is 5. The first kappa shape index (κ1) is 24.0. The van der Waals surface area contributed by atoms with Gasteiger partial charge in [0.2, 0.25) is 0 Å². The maximum Gasteiger partial charge on any atom is 0.193 e. The molecule has 0 saturated carbocycles. The van der Waals surface area contributed by atoms with Crippen LogP contribution in [0.15, 0.2) is 48.0 Å². The molecule has 1 N–H and O–H groups in total. The topological polar surface area (TPSA) is 48.7 Å². The molecular formula is C21H32ClIN6. The first-order chi connectivity index (χ1) is 13.5. The van der Waals surface area contributed by atoms with Crippen LogP contribution < -0.4 is 5.32 Å². The fourth-order valence-electron chi connectivity index (χ4n) is 3.90. The summed E-state index contributed by atoms with van der Waals surface area (Å²) in [5.41, 5.74) is 1.24. The summed E-state index contributed by atoms with van der Waals surface area (Å²) in [4.78, 5) is 13.4. The third-order valence-electron chi connectivity index (χ3n) is 5.67. The van der Waals surface area contributed by atoms with E-state index in [1.807, 2.05) is 31.7 Å². The maximum absolute atomic E-state index is 6.05. The largest absolute Gasteiger partial charge is 0.354 e. The quantitative estimate of drug-likeness (QED) is 0.362. The second kappa shape index (κ2) is 11.2. The summed E-state index contributed by atoms with van der Waals surface area (Å²) in [6.45, 7) is 5.05. The Morgan fingerprint density at radius 2 is 2.07 bits per heavy atom. The summed E-state index contributed by atoms with van der Waals surface area (Å²) >= 11 is 6.05. The van der Waals surface area contributed by atoms with Crippen LogP contribution >= 0.6 is 35.6 Å². The van der Waals surface area contributed by atoms with Gasteiger partial charge in [0.05, 0.1) is 18.4 Å². The first-order valence-corrected chi connectivity index (χ1v) is 10.2. The normalized spacial score (nSPS) is 21.0. The van der Waals surface area contributed by atoms with Crippen molar-refractivity contribution in [1.29, 1.82) is 0 Å². The number of piperidine rings is 1. The number of likely N-dealkylation sites (N-methyl/N-ethyl adjacent to an activating group) is 1. The third-order valence-corrected chi connectivity index (χ3v) is 5.92. The van der Waals surface area contributed by atoms with Crippen LogP contribution in [0.2, 0.25) is 5.02 Å². The van der Waals surface area contributed by atoms with Gasteiger partial charge in [-0.25, -0.2) is 4.98 Å². The number of imidazole rings is 1. The van der Waals surface area contributed by atoms with E-state index in [4.69, 9.17) is 11.6 Å². The number of hydrogen-bond acceptors (Lipinski definition) is 3. The molecule has 0 spiro atoms. The van der Waals surface area contributed by atoms with Gasteiger partial charge >= 0.3 is 0 Å². The van der Waals surface area contributed by atoms with Gasteiger partial charge < -0.3 is 19.7 Å². The van der Waals surface area contributed by atoms with Gasteiger partial charge in [0.25, 0.3) is 0 Å². The Balaban J connectivity index is 0.00000300. The molecule has 0 aliphatic carbocycles. The fourth-order valence-corrected chi connectivity index (χ4v) is 4.02. The molecule has 1 saturated heterocycles. The van der Waals surface area contributed by atoms with E-state index in [1.165, 1.54) is 5.56 Å². The SMILES string of the molecule is CN=C(NCC(c1ccc(Cl)cc1)N(C)C)N1CCC(C)C(n2ccnc2)C1.I. The van der Waals surface area contributed by atoms with Crippen LogP contribution in [-0.2, 0) is 0 Å². The molecule has 1 aliphatic rings. The van der Waals surface area contributed by atoms with Crippen molar-refractivity contribution in [2.45, 2.75) is 25.4 Å². The molecule has 6 nitrogen and oxygen atoms in total. The van der Waals surface area contributed by atoms with Crippen LogP contribution in [0.3, 0.4) is 0 Å². The molecule has 1 aromatic heterocycles. The summed E-state index contributed by atoms with van der Waals surface area (Å²) in [7, 11) is 6.06. The third kappa shape index (κ3) is 6.08. The fraction of sp³-hybridized carbons (Fsp3) is 0.524. The zero-order valence-corrected chi connectivity index (χ0v) is 20.7. The average Bonchev–Trinajstić information content (AvgIpc) is 3.21. The van der Waals surface area contributed by atoms with Gasteiger partial charge in [-0.1, -0.05) is 30.7 Å². The Morgan fingerprint density at radius 3 is 2.66 bits per heavy atom. The number of rotatable bonds is 5. The lowest BCUT2D eigenvalue weighted by Crippen LogP contribution is -2.50. The molecule has 3 atom stereocenters. The highest BCUT2D eigenvalue weighted by Gasteiger charge is 2.29. The van der Waals surface area contributed by atoms with E-state index in [0.29, 0.717) is 12.0 Å². The average molecular weight is 531 g/mol. The van der Waals surface area contributed by atoms with Gasteiger partial charge in [0.1, 0.15) is 0 Å². The number of likely N-dealkylation sites (tertiary alicyclic amines) is 1. The van der Waals surface area contributed by atoms with E-state index in [1.54, 1.807) is 0 Å². The highest BCUT2D eigenvalue weighted by Crippen LogP contribution is 2.27. The lowest BCUT2D eigenvalue weighted by atomic mass is 9.93. The molecule has 1 aliphatic heterocycles. The standard InChI is InChI=1S/C21H31ClN6.HI/c1-16-9-11-27(14-20(16)28-12-10-24-15-28)21(23-2)25-13-19(26(3)4)17-5-7-18(22)8-6-17;/h5-8,10,12,15-16,19-20H,9,11,13-14H2,1-4H3,(H,23,25);1H. The predicted molar refractivity (Wildman–Crippen MR) is 131 cm³/mol. The number of aliphatic imine (C=N–C) groups is 1. The van der Waals surface area contributed by atoms with Gasteiger partial charge in [-0.2, -0.15) is 0 Å². The summed E-state index contributed by atoms with van der Waals surface area (Å²) in [6.07, 6.45) is 6.97. The van der Waals surface area contributed by atoms with E-state index < -0.39 is 0 Å². The Hall–Kier alpha value is -1.32. The van der Waals surface area contributed by atoms with Crippen LogP contribution in [-0.4, -0.2) is 66.1 Å². The summed E-state index contributed by atoms with van der Waals surface area (Å²) in [5.74, 6) is 1.57. The van der Waals surface area contributed by atoms with Gasteiger partial charge in [-0.15, -0.1) is 24.0 Å². The van der Waals surface area contributed by atoms with Gasteiger partial charge in [-0.3, -0.25) is 4.99 Å². The van der Waals surface area contributed by atoms with Crippen molar-refractivity contribution in [3.05, 3.63) is 53.6 Å². The van der Waals surface area contributed by atoms with Crippen molar-refractivity contribution in [2.24, 2.45) is 10.9 Å². The van der Waals surface area contributed by atoms with E-state index in [0.717, 1.165) is 37.0 Å². The van der Waals surface area contributed by atoms with E-state index >= 15 is 0 Å². The van der Waals surface area contributed by atoms with Crippen LogP contribution in [0.25, 0.3) is 0 Å². The Morgan fingerprint density at radius 1 is 1.34 bits per heavy atom. The smallest absolute Gasteiger partial charge is 0.193 e. The Labute approximate surface area is 196 Å². The molecule has 3 rings (SSSR count). The zero-order valence-electron chi connectivity index (χ0n) is 17.6. The summed E-state index contributed by atoms with van der Waals surface area (Å²) in [6, 6.07) is 8.73. The zero-order chi connectivity index (χ0) is 20.1. The molecule has 1 aromatic carbocycles. The predicted octanol–water partition coefficient (Wildman–Crippen LogP) is 3.92. The van der Waals surface area contributed by atoms with Gasteiger partial charge in [0, 0.05) is 44.1 Å². The van der Waals surface area contributed by atoms with Crippen molar-refractivity contribution in [3.8, 4) is 0 Å². The van der Waals surface area contributed by atoms with Crippen molar-refractivity contribution in [1.82, 2.24) is 24.7 Å². The number of hydrogen-bond donors (Lipinski definition) is 1. The molecular weight excluding hydrogens is 499 g/mol. The molecule has 2 heterocycles. The monoisotopic (exact) mass is 530 g/mol. The highest BCUT2D eigenvalue weighted by molar-refractivity contribution is 14.0. The van der Waals surface area contributed by atoms with Gasteiger partial charge in [-0.05, 0) is 44.1 Å². The first-order valence-electron chi connectivity index (χ1n) is 9.84. The highest BCUT2D eigenvalue weighted by atomic mass is 127. The molecule has 0 radical (unpaired) electrons. The number of aromatic nitrogens is 2. The summed E-state index contributed by atoms with van der Waals surface area (Å²) in [5, 5.41) is 4.35. The molecule has 0 bridgehead atoms. The number of halogens is 2. The van der Waals surface area contributed by atoms with Crippen molar-refractivity contribution in [2.75, 3.05) is 40.8 Å². The minimum absolute atomic E-state index is 0. The molecule has 1 fully saturated rings. The van der Waals surface area contributed by atoms with E-state index in [2.05, 4.69) is 69.0 Å². The Bertz CT molecular complexity index is 762. The van der Waals surface area contributed by atoms with Crippen molar-refractivity contribution >= 4 is 41.5 Å².